The van der Waals surface area contributed by atoms with Gasteiger partial charge >= 0.3 is 5.97 Å². The number of benzene rings is 1. The Labute approximate surface area is 113 Å². The van der Waals surface area contributed by atoms with E-state index in [1.54, 1.807) is 12.1 Å². The van der Waals surface area contributed by atoms with Gasteiger partial charge in [-0.1, -0.05) is 26.0 Å². The topological polar surface area (TPSA) is 55.8 Å². The van der Waals surface area contributed by atoms with Crippen molar-refractivity contribution in [2.45, 2.75) is 27.2 Å². The molecular formula is C15H20O4. The van der Waals surface area contributed by atoms with E-state index in [1.165, 1.54) is 13.2 Å². The number of carbonyl (C=O) groups excluding carboxylic acids is 1. The summed E-state index contributed by atoms with van der Waals surface area (Å²) in [6.45, 7) is 5.74. The smallest absolute Gasteiger partial charge is 0.311 e. The molecular weight excluding hydrogens is 244 g/mol. The number of esters is 1. The molecule has 0 bridgehead atoms. The number of hydrogen-bond acceptors (Lipinski definition) is 4. The molecule has 4 nitrogen and oxygen atoms in total. The van der Waals surface area contributed by atoms with E-state index < -0.39 is 0 Å². The van der Waals surface area contributed by atoms with Gasteiger partial charge in [0.05, 0.1) is 7.11 Å². The fourth-order valence-electron chi connectivity index (χ4n) is 1.67. The molecule has 0 amide bonds. The molecule has 0 aliphatic rings. The zero-order valence-electron chi connectivity index (χ0n) is 11.8. The Morgan fingerprint density at radius 3 is 2.58 bits per heavy atom. The van der Waals surface area contributed by atoms with Crippen molar-refractivity contribution in [3.05, 3.63) is 23.8 Å². The van der Waals surface area contributed by atoms with Gasteiger partial charge in [0.2, 0.25) is 5.75 Å². The number of rotatable bonds is 5. The predicted molar refractivity (Wildman–Crippen MR) is 74.5 cm³/mol. The molecule has 0 aliphatic carbocycles. The Bertz CT molecular complexity index is 475. The fourth-order valence-corrected chi connectivity index (χ4v) is 1.67. The first-order valence-electron chi connectivity index (χ1n) is 6.22. The Morgan fingerprint density at radius 1 is 1.37 bits per heavy atom. The second-order valence-corrected chi connectivity index (χ2v) is 4.61. The largest absolute Gasteiger partial charge is 0.504 e. The van der Waals surface area contributed by atoms with Crippen molar-refractivity contribution in [3.8, 4) is 17.2 Å². The van der Waals surface area contributed by atoms with Gasteiger partial charge in [-0.05, 0) is 25.0 Å². The van der Waals surface area contributed by atoms with Gasteiger partial charge < -0.3 is 14.6 Å². The van der Waals surface area contributed by atoms with Gasteiger partial charge in [0, 0.05) is 12.0 Å². The maximum atomic E-state index is 11.8. The molecule has 19 heavy (non-hydrogen) atoms. The zero-order valence-corrected chi connectivity index (χ0v) is 11.8. The van der Waals surface area contributed by atoms with Crippen LogP contribution >= 0.6 is 0 Å². The number of carbonyl (C=O) groups is 1. The fraction of sp³-hybridized carbons (Fsp3) is 0.400. The predicted octanol–water partition coefficient (Wildman–Crippen LogP) is 3.39. The number of phenolic OH excluding ortho intramolecular Hbond substituents is 1. The minimum absolute atomic E-state index is 0.0527. The summed E-state index contributed by atoms with van der Waals surface area (Å²) in [6.07, 6.45) is 3.93. The molecule has 1 aromatic rings. The van der Waals surface area contributed by atoms with Crippen molar-refractivity contribution >= 4 is 12.0 Å². The Kier molecular flexibility index (Phi) is 5.42. The summed E-state index contributed by atoms with van der Waals surface area (Å²) in [7, 11) is 1.42. The minimum atomic E-state index is -0.343. The number of ether oxygens (including phenoxy) is 2. The van der Waals surface area contributed by atoms with Gasteiger partial charge in [-0.15, -0.1) is 0 Å². The van der Waals surface area contributed by atoms with Gasteiger partial charge in [-0.25, -0.2) is 0 Å². The van der Waals surface area contributed by atoms with Crippen LogP contribution in [0.15, 0.2) is 18.2 Å². The third kappa shape index (κ3) is 4.02. The summed E-state index contributed by atoms with van der Waals surface area (Å²) in [6, 6.07) is 3.18. The van der Waals surface area contributed by atoms with Crippen molar-refractivity contribution < 1.29 is 19.4 Å². The van der Waals surface area contributed by atoms with Crippen LogP contribution in [0.1, 0.15) is 32.8 Å². The molecule has 0 fully saturated rings. The average molecular weight is 264 g/mol. The number of hydrogen-bond donors (Lipinski definition) is 1. The molecule has 104 valence electrons. The molecule has 1 rings (SSSR count). The quantitative estimate of drug-likeness (QED) is 0.654. The first-order valence-corrected chi connectivity index (χ1v) is 6.22. The molecule has 1 N–H and O–H groups in total. The van der Waals surface area contributed by atoms with Crippen molar-refractivity contribution in [1.29, 1.82) is 0 Å². The van der Waals surface area contributed by atoms with E-state index in [0.717, 1.165) is 0 Å². The SMILES string of the molecule is C/C=C/c1ccc(O)c(OC)c1OC(=O)CC(C)C. The number of allylic oxidation sites excluding steroid dienone is 1. The van der Waals surface area contributed by atoms with Gasteiger partial charge in [0.15, 0.2) is 11.5 Å². The molecule has 0 aliphatic heterocycles. The lowest BCUT2D eigenvalue weighted by Gasteiger charge is -2.14. The van der Waals surface area contributed by atoms with Crippen LogP contribution in [-0.2, 0) is 4.79 Å². The van der Waals surface area contributed by atoms with E-state index in [4.69, 9.17) is 9.47 Å². The Morgan fingerprint density at radius 2 is 2.05 bits per heavy atom. The van der Waals surface area contributed by atoms with Crippen molar-refractivity contribution in [3.63, 3.8) is 0 Å². The standard InChI is InChI=1S/C15H20O4/c1-5-6-11-7-8-12(16)15(18-4)14(11)19-13(17)9-10(2)3/h5-8,10,16H,9H2,1-4H3/b6-5+. The summed E-state index contributed by atoms with van der Waals surface area (Å²) in [4.78, 5) is 11.8. The maximum absolute atomic E-state index is 11.8. The van der Waals surface area contributed by atoms with Crippen molar-refractivity contribution in [2.75, 3.05) is 7.11 Å². The average Bonchev–Trinajstić information content (AvgIpc) is 2.32. The van der Waals surface area contributed by atoms with Crippen molar-refractivity contribution in [2.24, 2.45) is 5.92 Å². The van der Waals surface area contributed by atoms with Crippen molar-refractivity contribution in [1.82, 2.24) is 0 Å². The number of phenols is 1. The van der Waals surface area contributed by atoms with Crippen LogP contribution in [0.25, 0.3) is 6.08 Å². The summed E-state index contributed by atoms with van der Waals surface area (Å²) < 4.78 is 10.4. The summed E-state index contributed by atoms with van der Waals surface area (Å²) in [5.74, 6) is 0.243. The van der Waals surface area contributed by atoms with Crippen LogP contribution in [0.3, 0.4) is 0 Å². The van der Waals surface area contributed by atoms with E-state index in [9.17, 15) is 9.90 Å². The third-order valence-electron chi connectivity index (χ3n) is 2.46. The second kappa shape index (κ2) is 6.83. The Hall–Kier alpha value is -1.97. The number of methoxy groups -OCH3 is 1. The molecule has 4 heteroatoms. The molecule has 0 heterocycles. The zero-order chi connectivity index (χ0) is 14.4. The van der Waals surface area contributed by atoms with Crippen LogP contribution < -0.4 is 9.47 Å². The summed E-state index contributed by atoms with van der Waals surface area (Å²) >= 11 is 0. The molecule has 0 spiro atoms. The molecule has 1 aromatic carbocycles. The first-order chi connectivity index (χ1) is 8.99. The van der Waals surface area contributed by atoms with E-state index in [-0.39, 0.29) is 29.1 Å². The van der Waals surface area contributed by atoms with Crippen LogP contribution in [0.4, 0.5) is 0 Å². The first kappa shape index (κ1) is 15.1. The number of aromatic hydroxyl groups is 1. The molecule has 0 saturated heterocycles. The summed E-state index contributed by atoms with van der Waals surface area (Å²) in [5.41, 5.74) is 0.689. The molecule has 0 saturated carbocycles. The molecule has 0 atom stereocenters. The molecule has 0 radical (unpaired) electrons. The molecule has 0 unspecified atom stereocenters. The van der Waals surface area contributed by atoms with E-state index in [2.05, 4.69) is 0 Å². The van der Waals surface area contributed by atoms with Gasteiger partial charge in [0.25, 0.3) is 0 Å². The lowest BCUT2D eigenvalue weighted by atomic mass is 10.1. The van der Waals surface area contributed by atoms with Crippen LogP contribution in [-0.4, -0.2) is 18.2 Å². The highest BCUT2D eigenvalue weighted by Crippen LogP contribution is 2.40. The Balaban J connectivity index is 3.14. The van der Waals surface area contributed by atoms with Crippen LogP contribution in [0.5, 0.6) is 17.2 Å². The van der Waals surface area contributed by atoms with E-state index >= 15 is 0 Å². The normalized spacial score (nSPS) is 11.0. The van der Waals surface area contributed by atoms with E-state index in [1.807, 2.05) is 26.8 Å². The van der Waals surface area contributed by atoms with Crippen LogP contribution in [0.2, 0.25) is 0 Å². The monoisotopic (exact) mass is 264 g/mol. The van der Waals surface area contributed by atoms with Gasteiger partial charge in [-0.2, -0.15) is 0 Å². The highest BCUT2D eigenvalue weighted by atomic mass is 16.6. The van der Waals surface area contributed by atoms with Crippen LogP contribution in [0, 0.1) is 5.92 Å². The minimum Gasteiger partial charge on any atom is -0.504 e. The van der Waals surface area contributed by atoms with Gasteiger partial charge in [0.1, 0.15) is 0 Å². The lowest BCUT2D eigenvalue weighted by molar-refractivity contribution is -0.135. The highest BCUT2D eigenvalue weighted by Gasteiger charge is 2.18. The summed E-state index contributed by atoms with van der Waals surface area (Å²) in [5, 5.41) is 9.74. The third-order valence-corrected chi connectivity index (χ3v) is 2.46. The highest BCUT2D eigenvalue weighted by molar-refractivity contribution is 5.77. The molecule has 0 aromatic heterocycles. The second-order valence-electron chi connectivity index (χ2n) is 4.61. The van der Waals surface area contributed by atoms with E-state index in [0.29, 0.717) is 12.0 Å². The van der Waals surface area contributed by atoms with Gasteiger partial charge in [-0.3, -0.25) is 4.79 Å². The maximum Gasteiger partial charge on any atom is 0.311 e. The lowest BCUT2D eigenvalue weighted by Crippen LogP contribution is -2.12.